The number of aromatic nitrogens is 3. The molecule has 0 radical (unpaired) electrons. The van der Waals surface area contributed by atoms with Crippen molar-refractivity contribution in [1.82, 2.24) is 14.9 Å². The molecule has 3 rings (SSSR count). The van der Waals surface area contributed by atoms with Crippen LogP contribution in [0.3, 0.4) is 0 Å². The lowest BCUT2D eigenvalue weighted by molar-refractivity contribution is -0.0324. The molecule has 1 unspecified atom stereocenters. The van der Waals surface area contributed by atoms with Crippen molar-refractivity contribution in [2.45, 2.75) is 52.9 Å². The van der Waals surface area contributed by atoms with Gasteiger partial charge in [-0.05, 0) is 39.7 Å². The quantitative estimate of drug-likeness (QED) is 0.850. The first-order valence-corrected chi connectivity index (χ1v) is 7.75. The molecule has 0 saturated carbocycles. The Kier molecular flexibility index (Phi) is 4.31. The number of nitrogens with zero attached hydrogens (tertiary/aromatic N) is 3. The molecule has 0 spiro atoms. The summed E-state index contributed by atoms with van der Waals surface area (Å²) in [6.45, 7) is 9.78. The lowest BCUT2D eigenvalue weighted by Crippen LogP contribution is -2.20. The number of hydrogen-bond acceptors (Lipinski definition) is 5. The molecule has 2 aromatic heterocycles. The van der Waals surface area contributed by atoms with Gasteiger partial charge in [-0.25, -0.2) is 0 Å². The number of rotatable bonds is 5. The summed E-state index contributed by atoms with van der Waals surface area (Å²) in [6, 6.07) is 0.356. The highest BCUT2D eigenvalue weighted by molar-refractivity contribution is 5.23. The summed E-state index contributed by atoms with van der Waals surface area (Å²) >= 11 is 0. The normalized spacial score (nSPS) is 18.0. The summed E-state index contributed by atoms with van der Waals surface area (Å²) in [5.41, 5.74) is 4.18. The van der Waals surface area contributed by atoms with Crippen LogP contribution < -0.4 is 0 Å². The SMILES string of the molecule is Cc1noc(C)c1COCC1OCCc2cn(C(C)C)nc21. The van der Waals surface area contributed by atoms with Crippen LogP contribution in [0.2, 0.25) is 0 Å². The van der Waals surface area contributed by atoms with Crippen LogP contribution >= 0.6 is 0 Å². The molecule has 0 aromatic carbocycles. The van der Waals surface area contributed by atoms with E-state index < -0.39 is 0 Å². The predicted octanol–water partition coefficient (Wildman–Crippen LogP) is 2.90. The highest BCUT2D eigenvalue weighted by Crippen LogP contribution is 2.27. The van der Waals surface area contributed by atoms with Crippen LogP contribution in [0.1, 0.15) is 54.3 Å². The summed E-state index contributed by atoms with van der Waals surface area (Å²) in [4.78, 5) is 0. The highest BCUT2D eigenvalue weighted by atomic mass is 16.5. The standard InChI is InChI=1S/C16H23N3O3/c1-10(2)19-7-13-5-6-21-15(16(13)17-19)9-20-8-14-11(3)18-22-12(14)4/h7,10,15H,5-6,8-9H2,1-4H3. The fourth-order valence-electron chi connectivity index (χ4n) is 2.66. The summed E-state index contributed by atoms with van der Waals surface area (Å²) in [5.74, 6) is 0.812. The van der Waals surface area contributed by atoms with Crippen molar-refractivity contribution in [1.29, 1.82) is 0 Å². The molecule has 3 heterocycles. The minimum atomic E-state index is -0.0933. The highest BCUT2D eigenvalue weighted by Gasteiger charge is 2.25. The van der Waals surface area contributed by atoms with E-state index in [0.29, 0.717) is 19.3 Å². The molecule has 0 N–H and O–H groups in total. The van der Waals surface area contributed by atoms with Gasteiger partial charge in [0, 0.05) is 17.8 Å². The average molecular weight is 305 g/mol. The molecule has 22 heavy (non-hydrogen) atoms. The van der Waals surface area contributed by atoms with E-state index in [1.54, 1.807) is 0 Å². The van der Waals surface area contributed by atoms with Gasteiger partial charge in [-0.15, -0.1) is 0 Å². The molecule has 120 valence electrons. The fourth-order valence-corrected chi connectivity index (χ4v) is 2.66. The monoisotopic (exact) mass is 305 g/mol. The lowest BCUT2D eigenvalue weighted by atomic mass is 10.1. The first-order chi connectivity index (χ1) is 10.6. The molecule has 1 aliphatic heterocycles. The van der Waals surface area contributed by atoms with E-state index in [1.165, 1.54) is 5.56 Å². The first-order valence-electron chi connectivity index (χ1n) is 7.75. The maximum absolute atomic E-state index is 5.84. The Morgan fingerprint density at radius 1 is 1.41 bits per heavy atom. The van der Waals surface area contributed by atoms with Gasteiger partial charge in [-0.1, -0.05) is 5.16 Å². The molecule has 1 aliphatic rings. The molecule has 0 bridgehead atoms. The van der Waals surface area contributed by atoms with E-state index in [-0.39, 0.29) is 6.10 Å². The van der Waals surface area contributed by atoms with Crippen molar-refractivity contribution in [3.63, 3.8) is 0 Å². The van der Waals surface area contributed by atoms with Gasteiger partial charge in [0.25, 0.3) is 0 Å². The lowest BCUT2D eigenvalue weighted by Gasteiger charge is -2.21. The van der Waals surface area contributed by atoms with E-state index in [9.17, 15) is 0 Å². The Hall–Kier alpha value is -1.66. The Morgan fingerprint density at radius 2 is 2.23 bits per heavy atom. The molecular weight excluding hydrogens is 282 g/mol. The van der Waals surface area contributed by atoms with Crippen molar-refractivity contribution in [3.05, 3.63) is 34.5 Å². The zero-order valence-electron chi connectivity index (χ0n) is 13.6. The summed E-state index contributed by atoms with van der Waals surface area (Å²) < 4.78 is 18.8. The first kappa shape index (κ1) is 15.2. The molecule has 0 amide bonds. The zero-order chi connectivity index (χ0) is 15.7. The summed E-state index contributed by atoms with van der Waals surface area (Å²) in [7, 11) is 0. The van der Waals surface area contributed by atoms with Gasteiger partial charge >= 0.3 is 0 Å². The van der Waals surface area contributed by atoms with Gasteiger partial charge in [0.1, 0.15) is 11.9 Å². The number of aryl methyl sites for hydroxylation is 2. The molecule has 6 heteroatoms. The summed E-state index contributed by atoms with van der Waals surface area (Å²) in [5, 5.41) is 8.60. The molecule has 1 atom stereocenters. The molecule has 6 nitrogen and oxygen atoms in total. The van der Waals surface area contributed by atoms with Crippen LogP contribution in [0.5, 0.6) is 0 Å². The average Bonchev–Trinajstić information content (AvgIpc) is 3.05. The number of ether oxygens (including phenoxy) is 2. The van der Waals surface area contributed by atoms with Crippen LogP contribution in [0.15, 0.2) is 10.7 Å². The van der Waals surface area contributed by atoms with Crippen molar-refractivity contribution in [2.24, 2.45) is 0 Å². The largest absolute Gasteiger partial charge is 0.373 e. The van der Waals surface area contributed by atoms with E-state index in [2.05, 4.69) is 30.3 Å². The van der Waals surface area contributed by atoms with Crippen LogP contribution in [0, 0.1) is 13.8 Å². The van der Waals surface area contributed by atoms with Crippen molar-refractivity contribution >= 4 is 0 Å². The molecule has 0 saturated heterocycles. The van der Waals surface area contributed by atoms with E-state index in [0.717, 1.165) is 35.7 Å². The minimum Gasteiger partial charge on any atom is -0.373 e. The molecular formula is C16H23N3O3. The third kappa shape index (κ3) is 2.94. The third-order valence-electron chi connectivity index (χ3n) is 4.06. The van der Waals surface area contributed by atoms with E-state index in [1.807, 2.05) is 18.5 Å². The topological polar surface area (TPSA) is 62.3 Å². The minimum absolute atomic E-state index is 0.0933. The van der Waals surface area contributed by atoms with E-state index in [4.69, 9.17) is 14.0 Å². The number of fused-ring (bicyclic) bond motifs is 1. The van der Waals surface area contributed by atoms with Crippen LogP contribution in [0.25, 0.3) is 0 Å². The van der Waals surface area contributed by atoms with Gasteiger partial charge in [0.05, 0.1) is 31.2 Å². The van der Waals surface area contributed by atoms with Gasteiger partial charge < -0.3 is 14.0 Å². The molecule has 0 fully saturated rings. The Bertz CT molecular complexity index is 626. The Labute approximate surface area is 130 Å². The van der Waals surface area contributed by atoms with Crippen molar-refractivity contribution in [2.75, 3.05) is 13.2 Å². The Morgan fingerprint density at radius 3 is 2.91 bits per heavy atom. The van der Waals surface area contributed by atoms with Crippen LogP contribution in [-0.2, 0) is 22.5 Å². The number of hydrogen-bond donors (Lipinski definition) is 0. The molecule has 2 aromatic rings. The molecule has 0 aliphatic carbocycles. The van der Waals surface area contributed by atoms with Gasteiger partial charge in [-0.3, -0.25) is 4.68 Å². The third-order valence-corrected chi connectivity index (χ3v) is 4.06. The maximum atomic E-state index is 5.84. The van der Waals surface area contributed by atoms with Gasteiger partial charge in [0.2, 0.25) is 0 Å². The van der Waals surface area contributed by atoms with Crippen molar-refractivity contribution < 1.29 is 14.0 Å². The second-order valence-corrected chi connectivity index (χ2v) is 6.04. The van der Waals surface area contributed by atoms with Crippen molar-refractivity contribution in [3.8, 4) is 0 Å². The second kappa shape index (κ2) is 6.22. The zero-order valence-corrected chi connectivity index (χ0v) is 13.6. The predicted molar refractivity (Wildman–Crippen MR) is 80.6 cm³/mol. The Balaban J connectivity index is 1.65. The fraction of sp³-hybridized carbons (Fsp3) is 0.625. The second-order valence-electron chi connectivity index (χ2n) is 6.04. The smallest absolute Gasteiger partial charge is 0.139 e. The van der Waals surface area contributed by atoms with E-state index >= 15 is 0 Å². The van der Waals surface area contributed by atoms with Crippen LogP contribution in [-0.4, -0.2) is 28.2 Å². The summed E-state index contributed by atoms with van der Waals surface area (Å²) in [6.07, 6.45) is 2.95. The van der Waals surface area contributed by atoms with Crippen LogP contribution in [0.4, 0.5) is 0 Å². The maximum Gasteiger partial charge on any atom is 0.139 e. The van der Waals surface area contributed by atoms with Gasteiger partial charge in [-0.2, -0.15) is 5.10 Å². The van der Waals surface area contributed by atoms with Gasteiger partial charge in [0.15, 0.2) is 0 Å².